The van der Waals surface area contributed by atoms with Gasteiger partial charge in [-0.3, -0.25) is 4.90 Å². The molecule has 0 aliphatic carbocycles. The molecule has 0 aromatic rings. The van der Waals surface area contributed by atoms with Gasteiger partial charge in [0.1, 0.15) is 6.10 Å². The first kappa shape index (κ1) is 10.7. The molecular formula is C10H18N2O3. The third-order valence-corrected chi connectivity index (χ3v) is 3.21. The molecule has 0 aromatic heterocycles. The van der Waals surface area contributed by atoms with E-state index in [0.29, 0.717) is 19.0 Å². The van der Waals surface area contributed by atoms with Crippen LogP contribution in [0.3, 0.4) is 0 Å². The Labute approximate surface area is 89.4 Å². The summed E-state index contributed by atoms with van der Waals surface area (Å²) in [6, 6.07) is 0. The molecule has 3 atom stereocenters. The summed E-state index contributed by atoms with van der Waals surface area (Å²) in [6.45, 7) is 5.05. The number of aliphatic hydroxyl groups is 1. The minimum atomic E-state index is -0.328. The second-order valence-electron chi connectivity index (χ2n) is 4.50. The number of alkyl carbamates (subject to hydrolysis) is 1. The average Bonchev–Trinajstić information content (AvgIpc) is 2.58. The smallest absolute Gasteiger partial charge is 0.407 e. The van der Waals surface area contributed by atoms with Crippen LogP contribution in [0.2, 0.25) is 0 Å². The number of ether oxygens (including phenoxy) is 1. The highest BCUT2D eigenvalue weighted by Crippen LogP contribution is 2.17. The Morgan fingerprint density at radius 3 is 3.07 bits per heavy atom. The quantitative estimate of drug-likeness (QED) is 0.668. The first-order chi connectivity index (χ1) is 7.15. The third kappa shape index (κ3) is 2.60. The molecule has 0 radical (unpaired) electrons. The Kier molecular flexibility index (Phi) is 3.11. The van der Waals surface area contributed by atoms with Crippen LogP contribution in [0.15, 0.2) is 0 Å². The van der Waals surface area contributed by atoms with Gasteiger partial charge in [0, 0.05) is 13.1 Å². The van der Waals surface area contributed by atoms with Crippen LogP contribution in [0.25, 0.3) is 0 Å². The summed E-state index contributed by atoms with van der Waals surface area (Å²) in [6.07, 6.45) is 0.378. The normalized spacial score (nSPS) is 37.5. The molecule has 0 aromatic carbocycles. The Balaban J connectivity index is 1.78. The highest BCUT2D eigenvalue weighted by atomic mass is 16.6. The lowest BCUT2D eigenvalue weighted by atomic mass is 9.96. The molecule has 1 amide bonds. The first-order valence-electron chi connectivity index (χ1n) is 5.50. The fourth-order valence-electron chi connectivity index (χ4n) is 2.10. The zero-order chi connectivity index (χ0) is 10.8. The number of nitrogens with one attached hydrogen (secondary N) is 1. The van der Waals surface area contributed by atoms with Crippen LogP contribution in [0.5, 0.6) is 0 Å². The van der Waals surface area contributed by atoms with Gasteiger partial charge in [0.25, 0.3) is 0 Å². The highest BCUT2D eigenvalue weighted by molar-refractivity contribution is 5.69. The molecule has 0 spiro atoms. The maximum atomic E-state index is 10.8. The van der Waals surface area contributed by atoms with E-state index >= 15 is 0 Å². The van der Waals surface area contributed by atoms with Gasteiger partial charge in [-0.05, 0) is 18.9 Å². The van der Waals surface area contributed by atoms with E-state index in [1.165, 1.54) is 0 Å². The molecule has 0 bridgehead atoms. The van der Waals surface area contributed by atoms with Gasteiger partial charge < -0.3 is 15.2 Å². The lowest BCUT2D eigenvalue weighted by Gasteiger charge is -2.34. The summed E-state index contributed by atoms with van der Waals surface area (Å²) in [4.78, 5) is 13.0. The molecular weight excluding hydrogens is 196 g/mol. The van der Waals surface area contributed by atoms with Crippen LogP contribution in [0.1, 0.15) is 13.3 Å². The Morgan fingerprint density at radius 1 is 1.67 bits per heavy atom. The topological polar surface area (TPSA) is 61.8 Å². The van der Waals surface area contributed by atoms with Crippen molar-refractivity contribution in [1.29, 1.82) is 0 Å². The zero-order valence-corrected chi connectivity index (χ0v) is 8.98. The summed E-state index contributed by atoms with van der Waals surface area (Å²) in [5.74, 6) is 0.380. The average molecular weight is 214 g/mol. The number of likely N-dealkylation sites (tertiary alicyclic amines) is 1. The van der Waals surface area contributed by atoms with Crippen LogP contribution in [-0.2, 0) is 4.74 Å². The van der Waals surface area contributed by atoms with Crippen molar-refractivity contribution in [3.8, 4) is 0 Å². The van der Waals surface area contributed by atoms with Crippen molar-refractivity contribution in [2.45, 2.75) is 25.6 Å². The zero-order valence-electron chi connectivity index (χ0n) is 8.98. The summed E-state index contributed by atoms with van der Waals surface area (Å²) < 4.78 is 5.05. The van der Waals surface area contributed by atoms with Crippen LogP contribution in [0.4, 0.5) is 4.79 Å². The number of aliphatic hydroxyl groups excluding tert-OH is 1. The molecule has 5 heteroatoms. The maximum absolute atomic E-state index is 10.8. The second kappa shape index (κ2) is 4.37. The van der Waals surface area contributed by atoms with Gasteiger partial charge >= 0.3 is 6.09 Å². The van der Waals surface area contributed by atoms with Gasteiger partial charge in [-0.15, -0.1) is 0 Å². The molecule has 2 aliphatic rings. The molecule has 2 saturated heterocycles. The lowest BCUT2D eigenvalue weighted by molar-refractivity contribution is 0.0128. The summed E-state index contributed by atoms with van der Waals surface area (Å²) in [7, 11) is 0. The predicted octanol–water partition coefficient (Wildman–Crippen LogP) is -0.203. The molecule has 2 rings (SSSR count). The fraction of sp³-hybridized carbons (Fsp3) is 0.900. The van der Waals surface area contributed by atoms with Gasteiger partial charge in [-0.2, -0.15) is 0 Å². The SMILES string of the molecule is CC1CCN(CC2CNC(=O)O2)CC1O. The van der Waals surface area contributed by atoms with Crippen molar-refractivity contribution in [1.82, 2.24) is 10.2 Å². The van der Waals surface area contributed by atoms with E-state index in [-0.39, 0.29) is 18.3 Å². The van der Waals surface area contributed by atoms with Crippen LogP contribution < -0.4 is 5.32 Å². The van der Waals surface area contributed by atoms with Crippen molar-refractivity contribution in [3.05, 3.63) is 0 Å². The number of β-amino-alcohol motifs (C(OH)–C–C–N with tert-alkyl or cyclic N) is 1. The van der Waals surface area contributed by atoms with Crippen molar-refractivity contribution in [2.75, 3.05) is 26.2 Å². The van der Waals surface area contributed by atoms with Gasteiger partial charge in [-0.25, -0.2) is 4.79 Å². The number of carbonyl (C=O) groups excluding carboxylic acids is 1. The largest absolute Gasteiger partial charge is 0.443 e. The number of rotatable bonds is 2. The summed E-state index contributed by atoms with van der Waals surface area (Å²) in [5, 5.41) is 12.3. The third-order valence-electron chi connectivity index (χ3n) is 3.21. The first-order valence-corrected chi connectivity index (χ1v) is 5.50. The second-order valence-corrected chi connectivity index (χ2v) is 4.50. The standard InChI is InChI=1S/C10H18N2O3/c1-7-2-3-12(6-9(7)13)5-8-4-11-10(14)15-8/h7-9,13H,2-6H2,1H3,(H,11,14). The number of nitrogens with zero attached hydrogens (tertiary/aromatic N) is 1. The van der Waals surface area contributed by atoms with Gasteiger partial charge in [0.2, 0.25) is 0 Å². The molecule has 5 nitrogen and oxygen atoms in total. The van der Waals surface area contributed by atoms with E-state index in [0.717, 1.165) is 19.5 Å². The minimum absolute atomic E-state index is 0.0573. The van der Waals surface area contributed by atoms with Gasteiger partial charge in [0.15, 0.2) is 0 Å². The summed E-state index contributed by atoms with van der Waals surface area (Å²) in [5.41, 5.74) is 0. The van der Waals surface area contributed by atoms with E-state index in [2.05, 4.69) is 17.1 Å². The summed E-state index contributed by atoms with van der Waals surface area (Å²) >= 11 is 0. The molecule has 15 heavy (non-hydrogen) atoms. The van der Waals surface area contributed by atoms with Crippen molar-refractivity contribution in [3.63, 3.8) is 0 Å². The number of piperidine rings is 1. The fourth-order valence-corrected chi connectivity index (χ4v) is 2.10. The molecule has 2 fully saturated rings. The van der Waals surface area contributed by atoms with Crippen molar-refractivity contribution in [2.24, 2.45) is 5.92 Å². The predicted molar refractivity (Wildman–Crippen MR) is 54.5 cm³/mol. The number of hydrogen-bond acceptors (Lipinski definition) is 4. The molecule has 2 N–H and O–H groups in total. The number of amides is 1. The Bertz CT molecular complexity index is 247. The van der Waals surface area contributed by atoms with E-state index in [9.17, 15) is 9.90 Å². The van der Waals surface area contributed by atoms with Gasteiger partial charge in [-0.1, -0.05) is 6.92 Å². The van der Waals surface area contributed by atoms with E-state index < -0.39 is 0 Å². The van der Waals surface area contributed by atoms with Crippen LogP contribution in [0, 0.1) is 5.92 Å². The van der Waals surface area contributed by atoms with E-state index in [1.807, 2.05) is 0 Å². The van der Waals surface area contributed by atoms with Crippen molar-refractivity contribution >= 4 is 6.09 Å². The molecule has 3 unspecified atom stereocenters. The minimum Gasteiger partial charge on any atom is -0.443 e. The number of hydrogen-bond donors (Lipinski definition) is 2. The lowest BCUT2D eigenvalue weighted by Crippen LogP contribution is -2.46. The van der Waals surface area contributed by atoms with E-state index in [4.69, 9.17) is 4.74 Å². The van der Waals surface area contributed by atoms with E-state index in [1.54, 1.807) is 0 Å². The van der Waals surface area contributed by atoms with Crippen LogP contribution >= 0.6 is 0 Å². The maximum Gasteiger partial charge on any atom is 0.407 e. The van der Waals surface area contributed by atoms with Gasteiger partial charge in [0.05, 0.1) is 12.6 Å². The number of carbonyl (C=O) groups is 1. The van der Waals surface area contributed by atoms with Crippen molar-refractivity contribution < 1.29 is 14.6 Å². The Morgan fingerprint density at radius 2 is 2.47 bits per heavy atom. The molecule has 0 saturated carbocycles. The number of cyclic esters (lactones) is 1. The monoisotopic (exact) mass is 214 g/mol. The van der Waals surface area contributed by atoms with Crippen LogP contribution in [-0.4, -0.2) is 54.5 Å². The molecule has 86 valence electrons. The highest BCUT2D eigenvalue weighted by Gasteiger charge is 2.29. The molecule has 2 aliphatic heterocycles. The Hall–Kier alpha value is -0.810. The molecule has 2 heterocycles.